The molecule has 5 heteroatoms. The highest BCUT2D eigenvalue weighted by atomic mass is 35.5. The van der Waals surface area contributed by atoms with Crippen molar-refractivity contribution in [2.45, 2.75) is 6.92 Å². The van der Waals surface area contributed by atoms with Crippen molar-refractivity contribution in [3.05, 3.63) is 41.2 Å². The summed E-state index contributed by atoms with van der Waals surface area (Å²) in [6, 6.07) is 5.50. The number of hydrogen-bond acceptors (Lipinski definition) is 4. The lowest BCUT2D eigenvalue weighted by Crippen LogP contribution is -1.97. The first-order chi connectivity index (χ1) is 8.60. The zero-order valence-corrected chi connectivity index (χ0v) is 11.0. The van der Waals surface area contributed by atoms with Gasteiger partial charge in [-0.25, -0.2) is 0 Å². The lowest BCUT2D eigenvalue weighted by molar-refractivity contribution is 0.417. The number of hydrogen-bond donors (Lipinski definition) is 2. The van der Waals surface area contributed by atoms with Crippen LogP contribution in [-0.2, 0) is 0 Å². The van der Waals surface area contributed by atoms with E-state index >= 15 is 0 Å². The minimum atomic E-state index is 0.602. The van der Waals surface area contributed by atoms with E-state index in [0.29, 0.717) is 16.5 Å². The molecule has 2 aromatic rings. The summed E-state index contributed by atoms with van der Waals surface area (Å²) in [5, 5.41) is 3.88. The molecule has 0 radical (unpaired) electrons. The molecule has 1 heterocycles. The Labute approximate surface area is 111 Å². The number of nitrogens with zero attached hydrogens (tertiary/aromatic N) is 1. The Bertz CT molecular complexity index is 572. The van der Waals surface area contributed by atoms with Crippen LogP contribution in [0.4, 0.5) is 17.1 Å². The van der Waals surface area contributed by atoms with Crippen molar-refractivity contribution < 1.29 is 4.74 Å². The monoisotopic (exact) mass is 263 g/mol. The first-order valence-corrected chi connectivity index (χ1v) is 5.79. The Kier molecular flexibility index (Phi) is 3.58. The van der Waals surface area contributed by atoms with E-state index in [-0.39, 0.29) is 0 Å². The van der Waals surface area contributed by atoms with Gasteiger partial charge in [-0.3, -0.25) is 4.98 Å². The van der Waals surface area contributed by atoms with Crippen molar-refractivity contribution in [2.24, 2.45) is 0 Å². The van der Waals surface area contributed by atoms with Gasteiger partial charge in [0.15, 0.2) is 0 Å². The number of halogens is 1. The quantitative estimate of drug-likeness (QED) is 0.891. The molecule has 18 heavy (non-hydrogen) atoms. The van der Waals surface area contributed by atoms with Crippen LogP contribution in [0.25, 0.3) is 0 Å². The van der Waals surface area contributed by atoms with Crippen LogP contribution < -0.4 is 15.8 Å². The molecule has 0 amide bonds. The molecule has 0 saturated heterocycles. The molecule has 4 nitrogen and oxygen atoms in total. The Morgan fingerprint density at radius 3 is 2.72 bits per heavy atom. The van der Waals surface area contributed by atoms with Crippen molar-refractivity contribution >= 4 is 28.7 Å². The van der Waals surface area contributed by atoms with Crippen molar-refractivity contribution in [2.75, 3.05) is 18.2 Å². The average molecular weight is 264 g/mol. The number of nitrogens with one attached hydrogen (secondary N) is 1. The third-order valence-electron chi connectivity index (χ3n) is 2.52. The smallest absolute Gasteiger partial charge is 0.143 e. The first kappa shape index (κ1) is 12.5. The SMILES string of the molecule is COc1cc(Cl)c(C)cc1Nc1cncc(N)c1. The number of nitrogen functional groups attached to an aromatic ring is 1. The van der Waals surface area contributed by atoms with Crippen molar-refractivity contribution in [1.29, 1.82) is 0 Å². The molecule has 0 unspecified atom stereocenters. The summed E-state index contributed by atoms with van der Waals surface area (Å²) in [4.78, 5) is 4.02. The maximum atomic E-state index is 6.05. The molecule has 3 N–H and O–H groups in total. The average Bonchev–Trinajstić information content (AvgIpc) is 2.33. The molecule has 0 saturated carbocycles. The number of nitrogens with two attached hydrogens (primary N) is 1. The van der Waals surface area contributed by atoms with E-state index in [1.807, 2.05) is 13.0 Å². The van der Waals surface area contributed by atoms with E-state index in [1.165, 1.54) is 0 Å². The predicted octanol–water partition coefficient (Wildman–Crippen LogP) is 3.38. The van der Waals surface area contributed by atoms with Gasteiger partial charge in [-0.1, -0.05) is 11.6 Å². The fraction of sp³-hybridized carbons (Fsp3) is 0.154. The molecule has 0 bridgehead atoms. The standard InChI is InChI=1S/C13H14ClN3O/c1-8-3-12(13(18-2)5-11(8)14)17-10-4-9(15)6-16-7-10/h3-7,17H,15H2,1-2H3. The van der Waals surface area contributed by atoms with Gasteiger partial charge in [0.25, 0.3) is 0 Å². The molecule has 0 aliphatic heterocycles. The van der Waals surface area contributed by atoms with Crippen molar-refractivity contribution in [1.82, 2.24) is 4.98 Å². The summed E-state index contributed by atoms with van der Waals surface area (Å²) < 4.78 is 5.29. The largest absolute Gasteiger partial charge is 0.495 e. The molecule has 0 atom stereocenters. The van der Waals surface area contributed by atoms with Crippen LogP contribution in [-0.4, -0.2) is 12.1 Å². The highest BCUT2D eigenvalue weighted by Crippen LogP contribution is 2.33. The second kappa shape index (κ2) is 5.14. The second-order valence-corrected chi connectivity index (χ2v) is 4.34. The normalized spacial score (nSPS) is 10.2. The lowest BCUT2D eigenvalue weighted by atomic mass is 10.2. The maximum absolute atomic E-state index is 6.05. The van der Waals surface area contributed by atoms with Gasteiger partial charge in [-0.15, -0.1) is 0 Å². The molecular formula is C13H14ClN3O. The van der Waals surface area contributed by atoms with Gasteiger partial charge in [0.1, 0.15) is 5.75 Å². The number of benzene rings is 1. The topological polar surface area (TPSA) is 60.2 Å². The Hall–Kier alpha value is -1.94. The van der Waals surface area contributed by atoms with Gasteiger partial charge < -0.3 is 15.8 Å². The van der Waals surface area contributed by atoms with E-state index in [2.05, 4.69) is 10.3 Å². The van der Waals surface area contributed by atoms with Gasteiger partial charge in [0.05, 0.1) is 30.4 Å². The van der Waals surface area contributed by atoms with Gasteiger partial charge >= 0.3 is 0 Å². The summed E-state index contributed by atoms with van der Waals surface area (Å²) in [5.41, 5.74) is 8.88. The van der Waals surface area contributed by atoms with E-state index in [0.717, 1.165) is 16.9 Å². The van der Waals surface area contributed by atoms with Gasteiger partial charge in [0.2, 0.25) is 0 Å². The fourth-order valence-electron chi connectivity index (χ4n) is 1.61. The molecule has 94 valence electrons. The third-order valence-corrected chi connectivity index (χ3v) is 2.93. The van der Waals surface area contributed by atoms with Crippen LogP contribution in [0.15, 0.2) is 30.6 Å². The number of methoxy groups -OCH3 is 1. The van der Waals surface area contributed by atoms with Crippen LogP contribution >= 0.6 is 11.6 Å². The number of aryl methyl sites for hydroxylation is 1. The van der Waals surface area contributed by atoms with Crippen LogP contribution in [0.5, 0.6) is 5.75 Å². The predicted molar refractivity (Wildman–Crippen MR) is 74.7 cm³/mol. The summed E-state index contributed by atoms with van der Waals surface area (Å²) in [6.45, 7) is 1.94. The Balaban J connectivity index is 2.36. The van der Waals surface area contributed by atoms with E-state index in [4.69, 9.17) is 22.1 Å². The zero-order valence-electron chi connectivity index (χ0n) is 10.2. The van der Waals surface area contributed by atoms with Crippen LogP contribution in [0.1, 0.15) is 5.56 Å². The molecular weight excluding hydrogens is 250 g/mol. The minimum Gasteiger partial charge on any atom is -0.495 e. The van der Waals surface area contributed by atoms with Gasteiger partial charge in [0, 0.05) is 17.3 Å². The highest BCUT2D eigenvalue weighted by Gasteiger charge is 2.07. The van der Waals surface area contributed by atoms with E-state index in [9.17, 15) is 0 Å². The summed E-state index contributed by atoms with van der Waals surface area (Å²) in [7, 11) is 1.60. The molecule has 2 rings (SSSR count). The maximum Gasteiger partial charge on any atom is 0.143 e. The second-order valence-electron chi connectivity index (χ2n) is 3.93. The molecule has 0 fully saturated rings. The summed E-state index contributed by atoms with van der Waals surface area (Å²) in [5.74, 6) is 0.674. The minimum absolute atomic E-state index is 0.602. The van der Waals surface area contributed by atoms with Crippen LogP contribution in [0.3, 0.4) is 0 Å². The third kappa shape index (κ3) is 2.65. The van der Waals surface area contributed by atoms with Crippen LogP contribution in [0, 0.1) is 6.92 Å². The van der Waals surface area contributed by atoms with Crippen LogP contribution in [0.2, 0.25) is 5.02 Å². The van der Waals surface area contributed by atoms with Gasteiger partial charge in [-0.2, -0.15) is 0 Å². The zero-order chi connectivity index (χ0) is 13.1. The fourth-order valence-corrected chi connectivity index (χ4v) is 1.77. The molecule has 0 aliphatic rings. The molecule has 0 spiro atoms. The summed E-state index contributed by atoms with van der Waals surface area (Å²) in [6.07, 6.45) is 3.29. The lowest BCUT2D eigenvalue weighted by Gasteiger charge is -2.13. The summed E-state index contributed by atoms with van der Waals surface area (Å²) >= 11 is 6.05. The Morgan fingerprint density at radius 2 is 2.06 bits per heavy atom. The number of rotatable bonds is 3. The number of anilines is 3. The Morgan fingerprint density at radius 1 is 1.28 bits per heavy atom. The van der Waals surface area contributed by atoms with Crippen molar-refractivity contribution in [3.8, 4) is 5.75 Å². The molecule has 0 aliphatic carbocycles. The van der Waals surface area contributed by atoms with Crippen molar-refractivity contribution in [3.63, 3.8) is 0 Å². The van der Waals surface area contributed by atoms with E-state index in [1.54, 1.807) is 31.6 Å². The van der Waals surface area contributed by atoms with E-state index < -0.39 is 0 Å². The molecule has 1 aromatic carbocycles. The number of pyridine rings is 1. The molecule has 1 aromatic heterocycles. The highest BCUT2D eigenvalue weighted by molar-refractivity contribution is 6.31. The van der Waals surface area contributed by atoms with Gasteiger partial charge in [-0.05, 0) is 24.6 Å². The number of ether oxygens (including phenoxy) is 1. The first-order valence-electron chi connectivity index (χ1n) is 5.42. The number of aromatic nitrogens is 1.